The van der Waals surface area contributed by atoms with E-state index in [1.165, 1.54) is 5.39 Å². The molecule has 2 N–H and O–H groups in total. The van der Waals surface area contributed by atoms with E-state index in [2.05, 4.69) is 16.4 Å². The van der Waals surface area contributed by atoms with Gasteiger partial charge in [-0.2, -0.15) is 0 Å². The van der Waals surface area contributed by atoms with Gasteiger partial charge in [-0.05, 0) is 46.0 Å². The first-order valence-electron chi connectivity index (χ1n) is 7.63. The molecule has 0 bridgehead atoms. The van der Waals surface area contributed by atoms with Gasteiger partial charge in [0, 0.05) is 17.4 Å². The highest BCUT2D eigenvalue weighted by Gasteiger charge is 2.06. The van der Waals surface area contributed by atoms with E-state index in [0.29, 0.717) is 6.42 Å². The smallest absolute Gasteiger partial charge is 0.228 e. The summed E-state index contributed by atoms with van der Waals surface area (Å²) in [5, 5.41) is 6.42. The first-order valence-corrected chi connectivity index (χ1v) is 7.63. The van der Waals surface area contributed by atoms with Gasteiger partial charge in [0.15, 0.2) is 0 Å². The lowest BCUT2D eigenvalue weighted by atomic mass is 10.1. The van der Waals surface area contributed by atoms with Gasteiger partial charge in [-0.1, -0.05) is 42.5 Å². The van der Waals surface area contributed by atoms with Gasteiger partial charge in [-0.3, -0.25) is 4.79 Å². The second-order valence-corrected chi connectivity index (χ2v) is 5.69. The molecule has 0 aliphatic carbocycles. The van der Waals surface area contributed by atoms with Crippen molar-refractivity contribution in [2.24, 2.45) is 0 Å². The molecule has 0 atom stereocenters. The molecule has 0 fully saturated rings. The number of carbonyl (C=O) groups excluding carboxylic acids is 1. The molecule has 3 heteroatoms. The third kappa shape index (κ3) is 2.81. The Morgan fingerprint density at radius 1 is 0.870 bits per heavy atom. The lowest BCUT2D eigenvalue weighted by Gasteiger charge is -2.07. The first-order chi connectivity index (χ1) is 11.3. The predicted molar refractivity (Wildman–Crippen MR) is 94.6 cm³/mol. The van der Waals surface area contributed by atoms with Crippen molar-refractivity contribution in [3.8, 4) is 0 Å². The maximum Gasteiger partial charge on any atom is 0.228 e. The van der Waals surface area contributed by atoms with E-state index >= 15 is 0 Å². The van der Waals surface area contributed by atoms with Crippen LogP contribution in [-0.2, 0) is 11.2 Å². The highest BCUT2D eigenvalue weighted by atomic mass is 16.1. The Morgan fingerprint density at radius 2 is 1.70 bits per heavy atom. The van der Waals surface area contributed by atoms with Crippen LogP contribution >= 0.6 is 0 Å². The predicted octanol–water partition coefficient (Wildman–Crippen LogP) is 4.50. The fourth-order valence-electron chi connectivity index (χ4n) is 2.86. The van der Waals surface area contributed by atoms with E-state index in [0.717, 1.165) is 27.5 Å². The quantitative estimate of drug-likeness (QED) is 0.575. The van der Waals surface area contributed by atoms with Gasteiger partial charge in [0.25, 0.3) is 0 Å². The van der Waals surface area contributed by atoms with Crippen molar-refractivity contribution in [3.63, 3.8) is 0 Å². The number of H-pyrrole nitrogens is 1. The van der Waals surface area contributed by atoms with Gasteiger partial charge in [0.2, 0.25) is 5.91 Å². The number of fused-ring (bicyclic) bond motifs is 2. The number of hydrogen-bond donors (Lipinski definition) is 2. The molecule has 0 saturated carbocycles. The zero-order valence-corrected chi connectivity index (χ0v) is 12.5. The largest absolute Gasteiger partial charge is 0.361 e. The minimum absolute atomic E-state index is 0.00816. The summed E-state index contributed by atoms with van der Waals surface area (Å²) in [6.45, 7) is 0. The Hall–Kier alpha value is -3.07. The van der Waals surface area contributed by atoms with Crippen LogP contribution in [0.3, 0.4) is 0 Å². The van der Waals surface area contributed by atoms with Crippen molar-refractivity contribution in [2.75, 3.05) is 5.32 Å². The number of aromatic nitrogens is 1. The summed E-state index contributed by atoms with van der Waals surface area (Å²) >= 11 is 0. The van der Waals surface area contributed by atoms with Crippen LogP contribution in [-0.4, -0.2) is 10.9 Å². The molecule has 0 radical (unpaired) electrons. The van der Waals surface area contributed by atoms with Gasteiger partial charge in [-0.25, -0.2) is 0 Å². The molecule has 0 aliphatic heterocycles. The minimum atomic E-state index is -0.00816. The average Bonchev–Trinajstić information content (AvgIpc) is 3.02. The average molecular weight is 300 g/mol. The summed E-state index contributed by atoms with van der Waals surface area (Å²) in [7, 11) is 0. The normalized spacial score (nSPS) is 11.0. The Balaban J connectivity index is 1.51. The summed E-state index contributed by atoms with van der Waals surface area (Å²) in [4.78, 5) is 15.4. The van der Waals surface area contributed by atoms with Crippen LogP contribution in [0.25, 0.3) is 21.7 Å². The van der Waals surface area contributed by atoms with Crippen molar-refractivity contribution < 1.29 is 4.79 Å². The van der Waals surface area contributed by atoms with E-state index in [9.17, 15) is 4.79 Å². The lowest BCUT2D eigenvalue weighted by molar-refractivity contribution is -0.115. The number of carbonyl (C=O) groups is 1. The summed E-state index contributed by atoms with van der Waals surface area (Å²) < 4.78 is 0. The van der Waals surface area contributed by atoms with Crippen molar-refractivity contribution in [3.05, 3.63) is 78.5 Å². The molecule has 1 aromatic heterocycles. The summed E-state index contributed by atoms with van der Waals surface area (Å²) in [5.74, 6) is -0.00816. The summed E-state index contributed by atoms with van der Waals surface area (Å²) in [6.07, 6.45) is 2.27. The van der Waals surface area contributed by atoms with Crippen LogP contribution in [0.1, 0.15) is 5.56 Å². The number of nitrogens with one attached hydrogen (secondary N) is 2. The molecule has 112 valence electrons. The van der Waals surface area contributed by atoms with Crippen LogP contribution in [0.15, 0.2) is 72.9 Å². The van der Waals surface area contributed by atoms with Crippen LogP contribution in [0.2, 0.25) is 0 Å². The molecule has 0 aliphatic rings. The highest BCUT2D eigenvalue weighted by Crippen LogP contribution is 2.19. The fraction of sp³-hybridized carbons (Fsp3) is 0.0500. The minimum Gasteiger partial charge on any atom is -0.361 e. The van der Waals surface area contributed by atoms with Gasteiger partial charge < -0.3 is 10.3 Å². The standard InChI is InChI=1S/C20H16N2O/c23-20(12-14-5-6-16-9-10-21-19(16)11-14)22-18-8-7-15-3-1-2-4-17(15)13-18/h1-11,13,21H,12H2,(H,22,23). The highest BCUT2D eigenvalue weighted by molar-refractivity contribution is 5.95. The Labute approximate surface area is 134 Å². The molecule has 0 spiro atoms. The van der Waals surface area contributed by atoms with Crippen molar-refractivity contribution in [2.45, 2.75) is 6.42 Å². The first kappa shape index (κ1) is 13.6. The van der Waals surface area contributed by atoms with E-state index in [1.807, 2.05) is 66.9 Å². The molecular weight excluding hydrogens is 284 g/mol. The van der Waals surface area contributed by atoms with Crippen molar-refractivity contribution >= 4 is 33.3 Å². The van der Waals surface area contributed by atoms with E-state index in [-0.39, 0.29) is 5.91 Å². The topological polar surface area (TPSA) is 44.9 Å². The number of benzene rings is 3. The monoisotopic (exact) mass is 300 g/mol. The maximum atomic E-state index is 12.3. The van der Waals surface area contributed by atoms with Crippen molar-refractivity contribution in [1.82, 2.24) is 4.98 Å². The van der Waals surface area contributed by atoms with Gasteiger partial charge in [0.1, 0.15) is 0 Å². The number of anilines is 1. The number of aromatic amines is 1. The Bertz CT molecular complexity index is 1000. The zero-order valence-electron chi connectivity index (χ0n) is 12.5. The molecule has 3 nitrogen and oxygen atoms in total. The fourth-order valence-corrected chi connectivity index (χ4v) is 2.86. The maximum absolute atomic E-state index is 12.3. The van der Waals surface area contributed by atoms with E-state index in [4.69, 9.17) is 0 Å². The zero-order chi connectivity index (χ0) is 15.6. The number of rotatable bonds is 3. The summed E-state index contributed by atoms with van der Waals surface area (Å²) in [5.41, 5.74) is 2.88. The number of amides is 1. The molecule has 3 aromatic carbocycles. The van der Waals surface area contributed by atoms with Crippen LogP contribution in [0, 0.1) is 0 Å². The molecule has 23 heavy (non-hydrogen) atoms. The van der Waals surface area contributed by atoms with Gasteiger partial charge in [-0.15, -0.1) is 0 Å². The molecule has 4 rings (SSSR count). The van der Waals surface area contributed by atoms with Crippen LogP contribution < -0.4 is 5.32 Å². The van der Waals surface area contributed by atoms with E-state index < -0.39 is 0 Å². The Morgan fingerprint density at radius 3 is 2.61 bits per heavy atom. The second-order valence-electron chi connectivity index (χ2n) is 5.69. The molecule has 1 heterocycles. The van der Waals surface area contributed by atoms with Gasteiger partial charge in [0.05, 0.1) is 6.42 Å². The third-order valence-corrected chi connectivity index (χ3v) is 4.02. The van der Waals surface area contributed by atoms with Gasteiger partial charge >= 0.3 is 0 Å². The molecule has 0 saturated heterocycles. The van der Waals surface area contributed by atoms with Crippen molar-refractivity contribution in [1.29, 1.82) is 0 Å². The second kappa shape index (κ2) is 5.61. The summed E-state index contributed by atoms with van der Waals surface area (Å²) in [6, 6.07) is 22.2. The van der Waals surface area contributed by atoms with Crippen LogP contribution in [0.5, 0.6) is 0 Å². The molecule has 1 amide bonds. The molecule has 0 unspecified atom stereocenters. The molecular formula is C20H16N2O. The Kier molecular flexibility index (Phi) is 3.31. The third-order valence-electron chi connectivity index (χ3n) is 4.02. The van der Waals surface area contributed by atoms with Crippen LogP contribution in [0.4, 0.5) is 5.69 Å². The lowest BCUT2D eigenvalue weighted by Crippen LogP contribution is -2.14. The number of hydrogen-bond acceptors (Lipinski definition) is 1. The molecule has 4 aromatic rings. The SMILES string of the molecule is O=C(Cc1ccc2cc[nH]c2c1)Nc1ccc2ccccc2c1. The van der Waals surface area contributed by atoms with E-state index in [1.54, 1.807) is 0 Å².